The zero-order valence-corrected chi connectivity index (χ0v) is 8.74. The summed E-state index contributed by atoms with van der Waals surface area (Å²) in [5.41, 5.74) is 7.27. The smallest absolute Gasteiger partial charge is 0.138 e. The monoisotopic (exact) mass is 207 g/mol. The number of hydrogen-bond acceptors (Lipinski definition) is 4. The average Bonchev–Trinajstić information content (AvgIpc) is 2.25. The molecule has 4 nitrogen and oxygen atoms in total. The van der Waals surface area contributed by atoms with Crippen molar-refractivity contribution in [3.63, 3.8) is 0 Å². The highest BCUT2D eigenvalue weighted by molar-refractivity contribution is 5.53. The third-order valence-electron chi connectivity index (χ3n) is 2.71. The summed E-state index contributed by atoms with van der Waals surface area (Å²) in [5, 5.41) is 12.6. The number of aromatic hydroxyl groups is 1. The van der Waals surface area contributed by atoms with Gasteiger partial charge in [-0.3, -0.25) is 4.90 Å². The van der Waals surface area contributed by atoms with E-state index in [9.17, 15) is 5.11 Å². The van der Waals surface area contributed by atoms with Crippen molar-refractivity contribution in [1.82, 2.24) is 10.2 Å². The summed E-state index contributed by atoms with van der Waals surface area (Å²) < 4.78 is 0. The van der Waals surface area contributed by atoms with Gasteiger partial charge in [0.1, 0.15) is 5.75 Å². The van der Waals surface area contributed by atoms with E-state index in [0.717, 1.165) is 38.3 Å². The first-order valence-electron chi connectivity index (χ1n) is 5.26. The Morgan fingerprint density at radius 2 is 2.07 bits per heavy atom. The SMILES string of the molecule is Nc1cc(CN2CCNCC2)ccc1O. The largest absolute Gasteiger partial charge is 0.506 e. The molecule has 82 valence electrons. The van der Waals surface area contributed by atoms with E-state index < -0.39 is 0 Å². The highest BCUT2D eigenvalue weighted by atomic mass is 16.3. The molecule has 1 saturated heterocycles. The topological polar surface area (TPSA) is 61.5 Å². The Bertz CT molecular complexity index is 335. The van der Waals surface area contributed by atoms with Gasteiger partial charge in [-0.2, -0.15) is 0 Å². The Balaban J connectivity index is 2.00. The van der Waals surface area contributed by atoms with Crippen LogP contribution in [0.15, 0.2) is 18.2 Å². The van der Waals surface area contributed by atoms with Gasteiger partial charge in [-0.05, 0) is 17.7 Å². The van der Waals surface area contributed by atoms with Crippen molar-refractivity contribution in [1.29, 1.82) is 0 Å². The zero-order chi connectivity index (χ0) is 10.7. The summed E-state index contributed by atoms with van der Waals surface area (Å²) in [5.74, 6) is 0.166. The first-order valence-corrected chi connectivity index (χ1v) is 5.26. The molecule has 4 N–H and O–H groups in total. The number of nitrogens with one attached hydrogen (secondary N) is 1. The molecule has 4 heteroatoms. The number of phenolic OH excluding ortho intramolecular Hbond substituents is 1. The Morgan fingerprint density at radius 1 is 1.33 bits per heavy atom. The van der Waals surface area contributed by atoms with Gasteiger partial charge in [0, 0.05) is 32.7 Å². The molecule has 2 rings (SSSR count). The fraction of sp³-hybridized carbons (Fsp3) is 0.455. The summed E-state index contributed by atoms with van der Waals surface area (Å²) >= 11 is 0. The highest BCUT2D eigenvalue weighted by Gasteiger charge is 2.10. The quantitative estimate of drug-likeness (QED) is 0.484. The van der Waals surface area contributed by atoms with Crippen LogP contribution in [-0.2, 0) is 6.54 Å². The fourth-order valence-electron chi connectivity index (χ4n) is 1.83. The molecular weight excluding hydrogens is 190 g/mol. The average molecular weight is 207 g/mol. The summed E-state index contributed by atoms with van der Waals surface area (Å²) in [6, 6.07) is 5.43. The molecule has 0 unspecified atom stereocenters. The molecule has 1 aromatic rings. The van der Waals surface area contributed by atoms with E-state index >= 15 is 0 Å². The van der Waals surface area contributed by atoms with Gasteiger partial charge >= 0.3 is 0 Å². The number of nitrogens with zero attached hydrogens (tertiary/aromatic N) is 1. The first kappa shape index (κ1) is 10.3. The van der Waals surface area contributed by atoms with E-state index in [1.165, 1.54) is 0 Å². The Kier molecular flexibility index (Phi) is 3.08. The lowest BCUT2D eigenvalue weighted by Gasteiger charge is -2.27. The van der Waals surface area contributed by atoms with Crippen LogP contribution in [0, 0.1) is 0 Å². The van der Waals surface area contributed by atoms with E-state index in [1.54, 1.807) is 6.07 Å². The van der Waals surface area contributed by atoms with E-state index in [-0.39, 0.29) is 5.75 Å². The van der Waals surface area contributed by atoms with Crippen LogP contribution in [-0.4, -0.2) is 36.2 Å². The van der Waals surface area contributed by atoms with Crippen LogP contribution < -0.4 is 11.1 Å². The van der Waals surface area contributed by atoms with Crippen molar-refractivity contribution in [3.8, 4) is 5.75 Å². The van der Waals surface area contributed by atoms with E-state index in [1.807, 2.05) is 12.1 Å². The van der Waals surface area contributed by atoms with Gasteiger partial charge in [0.2, 0.25) is 0 Å². The number of rotatable bonds is 2. The van der Waals surface area contributed by atoms with Gasteiger partial charge in [0.15, 0.2) is 0 Å². The molecule has 0 aromatic heterocycles. The van der Waals surface area contributed by atoms with Crippen molar-refractivity contribution in [2.75, 3.05) is 31.9 Å². The molecule has 1 heterocycles. The van der Waals surface area contributed by atoms with E-state index in [4.69, 9.17) is 5.73 Å². The lowest BCUT2D eigenvalue weighted by Crippen LogP contribution is -2.42. The second-order valence-corrected chi connectivity index (χ2v) is 3.92. The molecule has 0 radical (unpaired) electrons. The lowest BCUT2D eigenvalue weighted by molar-refractivity contribution is 0.233. The van der Waals surface area contributed by atoms with Crippen LogP contribution >= 0.6 is 0 Å². The lowest BCUT2D eigenvalue weighted by atomic mass is 10.1. The Morgan fingerprint density at radius 3 is 2.73 bits per heavy atom. The van der Waals surface area contributed by atoms with E-state index in [2.05, 4.69) is 10.2 Å². The minimum Gasteiger partial charge on any atom is -0.506 e. The van der Waals surface area contributed by atoms with Gasteiger partial charge in [-0.25, -0.2) is 0 Å². The van der Waals surface area contributed by atoms with Gasteiger partial charge in [0.05, 0.1) is 5.69 Å². The van der Waals surface area contributed by atoms with Crippen LogP contribution in [0.3, 0.4) is 0 Å². The number of hydrogen-bond donors (Lipinski definition) is 3. The number of benzene rings is 1. The van der Waals surface area contributed by atoms with Crippen LogP contribution in [0.2, 0.25) is 0 Å². The standard InChI is InChI=1S/C11H17N3O/c12-10-7-9(1-2-11(10)15)8-14-5-3-13-4-6-14/h1-2,7,13,15H,3-6,8,12H2. The zero-order valence-electron chi connectivity index (χ0n) is 8.74. The van der Waals surface area contributed by atoms with Crippen molar-refractivity contribution in [2.24, 2.45) is 0 Å². The molecule has 0 spiro atoms. The molecule has 0 aliphatic carbocycles. The highest BCUT2D eigenvalue weighted by Crippen LogP contribution is 2.21. The van der Waals surface area contributed by atoms with Crippen molar-refractivity contribution in [3.05, 3.63) is 23.8 Å². The maximum Gasteiger partial charge on any atom is 0.138 e. The number of nitrogens with two attached hydrogens (primary N) is 1. The fourth-order valence-corrected chi connectivity index (χ4v) is 1.83. The molecular formula is C11H17N3O. The molecule has 0 bridgehead atoms. The van der Waals surface area contributed by atoms with Crippen LogP contribution in [0.25, 0.3) is 0 Å². The van der Waals surface area contributed by atoms with Gasteiger partial charge in [-0.1, -0.05) is 6.07 Å². The van der Waals surface area contributed by atoms with Crippen molar-refractivity contribution in [2.45, 2.75) is 6.54 Å². The normalized spacial score (nSPS) is 17.9. The summed E-state index contributed by atoms with van der Waals surface area (Å²) in [7, 11) is 0. The van der Waals surface area contributed by atoms with Crippen LogP contribution in [0.1, 0.15) is 5.56 Å². The summed E-state index contributed by atoms with van der Waals surface area (Å²) in [4.78, 5) is 2.38. The third-order valence-corrected chi connectivity index (χ3v) is 2.71. The number of piperazine rings is 1. The molecule has 1 fully saturated rings. The number of nitrogen functional groups attached to an aromatic ring is 1. The summed E-state index contributed by atoms with van der Waals surface area (Å²) in [6.45, 7) is 5.15. The minimum absolute atomic E-state index is 0.166. The van der Waals surface area contributed by atoms with Crippen LogP contribution in [0.5, 0.6) is 5.75 Å². The maximum absolute atomic E-state index is 9.30. The Hall–Kier alpha value is -1.26. The summed E-state index contributed by atoms with van der Waals surface area (Å²) in [6.07, 6.45) is 0. The molecule has 0 amide bonds. The molecule has 1 aliphatic heterocycles. The second-order valence-electron chi connectivity index (χ2n) is 3.92. The van der Waals surface area contributed by atoms with Gasteiger partial charge < -0.3 is 16.2 Å². The van der Waals surface area contributed by atoms with Crippen molar-refractivity contribution < 1.29 is 5.11 Å². The predicted octanol–water partition coefficient (Wildman–Crippen LogP) is 0.380. The molecule has 0 saturated carbocycles. The van der Waals surface area contributed by atoms with Gasteiger partial charge in [-0.15, -0.1) is 0 Å². The van der Waals surface area contributed by atoms with Crippen LogP contribution in [0.4, 0.5) is 5.69 Å². The molecule has 1 aliphatic rings. The number of phenols is 1. The van der Waals surface area contributed by atoms with Crippen molar-refractivity contribution >= 4 is 5.69 Å². The predicted molar refractivity (Wildman–Crippen MR) is 60.7 cm³/mol. The van der Waals surface area contributed by atoms with E-state index in [0.29, 0.717) is 5.69 Å². The molecule has 1 aromatic carbocycles. The first-order chi connectivity index (χ1) is 7.25. The third kappa shape index (κ3) is 2.61. The minimum atomic E-state index is 0.166. The molecule has 0 atom stereocenters. The Labute approximate surface area is 89.7 Å². The maximum atomic E-state index is 9.30. The molecule has 15 heavy (non-hydrogen) atoms. The second kappa shape index (κ2) is 4.51. The number of anilines is 1. The van der Waals surface area contributed by atoms with Gasteiger partial charge in [0.25, 0.3) is 0 Å².